The molecule has 28 heavy (non-hydrogen) atoms. The molecule has 144 valence electrons. The normalized spacial score (nSPS) is 14.6. The number of carbonyl (C=O) groups is 1. The van der Waals surface area contributed by atoms with Crippen molar-refractivity contribution in [1.82, 2.24) is 19.9 Å². The van der Waals surface area contributed by atoms with Gasteiger partial charge in [0.2, 0.25) is 0 Å². The van der Waals surface area contributed by atoms with Crippen molar-refractivity contribution in [1.29, 1.82) is 0 Å². The summed E-state index contributed by atoms with van der Waals surface area (Å²) < 4.78 is 0. The largest absolute Gasteiger partial charge is 0.352 e. The highest BCUT2D eigenvalue weighted by atomic mass is 16.2. The van der Waals surface area contributed by atoms with Crippen molar-refractivity contribution in [3.8, 4) is 0 Å². The first-order chi connectivity index (χ1) is 13.4. The average Bonchev–Trinajstić information content (AvgIpc) is 2.69. The first-order valence-corrected chi connectivity index (χ1v) is 9.65. The summed E-state index contributed by atoms with van der Waals surface area (Å²) in [5.74, 6) is 0.978. The first kappa shape index (κ1) is 18.3. The summed E-state index contributed by atoms with van der Waals surface area (Å²) >= 11 is 0. The maximum Gasteiger partial charge on any atom is 0.255 e. The number of benzene rings is 1. The first-order valence-electron chi connectivity index (χ1n) is 9.65. The van der Waals surface area contributed by atoms with E-state index in [-0.39, 0.29) is 5.91 Å². The molecule has 0 N–H and O–H groups in total. The van der Waals surface area contributed by atoms with E-state index >= 15 is 0 Å². The summed E-state index contributed by atoms with van der Waals surface area (Å²) in [7, 11) is 0. The van der Waals surface area contributed by atoms with Crippen LogP contribution in [0.3, 0.4) is 0 Å². The van der Waals surface area contributed by atoms with E-state index < -0.39 is 0 Å². The van der Waals surface area contributed by atoms with Gasteiger partial charge in [-0.15, -0.1) is 0 Å². The predicted molar refractivity (Wildman–Crippen MR) is 111 cm³/mol. The van der Waals surface area contributed by atoms with Gasteiger partial charge in [-0.3, -0.25) is 14.8 Å². The van der Waals surface area contributed by atoms with Crippen molar-refractivity contribution in [3.63, 3.8) is 0 Å². The van der Waals surface area contributed by atoms with E-state index in [1.54, 1.807) is 6.20 Å². The third-order valence-corrected chi connectivity index (χ3v) is 5.31. The Morgan fingerprint density at radius 2 is 1.68 bits per heavy atom. The van der Waals surface area contributed by atoms with Gasteiger partial charge in [-0.25, -0.2) is 4.98 Å². The lowest BCUT2D eigenvalue weighted by Crippen LogP contribution is -2.49. The van der Waals surface area contributed by atoms with Crippen molar-refractivity contribution in [3.05, 3.63) is 58.7 Å². The van der Waals surface area contributed by atoms with Gasteiger partial charge in [-0.2, -0.15) is 0 Å². The van der Waals surface area contributed by atoms with Crippen LogP contribution in [0.25, 0.3) is 10.9 Å². The van der Waals surface area contributed by atoms with Gasteiger partial charge in [-0.05, 0) is 45.9 Å². The molecule has 3 heterocycles. The lowest BCUT2D eigenvalue weighted by molar-refractivity contribution is 0.0745. The quantitative estimate of drug-likeness (QED) is 0.688. The van der Waals surface area contributed by atoms with Gasteiger partial charge in [0, 0.05) is 37.8 Å². The van der Waals surface area contributed by atoms with Gasteiger partial charge in [0.05, 0.1) is 28.2 Å². The van der Waals surface area contributed by atoms with Crippen LogP contribution in [0.4, 0.5) is 5.82 Å². The van der Waals surface area contributed by atoms with Crippen molar-refractivity contribution in [2.45, 2.75) is 27.7 Å². The van der Waals surface area contributed by atoms with E-state index in [0.717, 1.165) is 46.9 Å². The third kappa shape index (κ3) is 3.42. The summed E-state index contributed by atoms with van der Waals surface area (Å²) in [5, 5.41) is 1.01. The van der Waals surface area contributed by atoms with Crippen LogP contribution in [0.15, 0.2) is 30.5 Å². The molecule has 6 heteroatoms. The summed E-state index contributed by atoms with van der Waals surface area (Å²) in [5.41, 5.74) is 5.41. The molecule has 0 bridgehead atoms. The minimum Gasteiger partial charge on any atom is -0.352 e. The second-order valence-electron chi connectivity index (χ2n) is 7.52. The molecular weight excluding hydrogens is 350 g/mol. The Morgan fingerprint density at radius 3 is 2.43 bits per heavy atom. The van der Waals surface area contributed by atoms with Gasteiger partial charge in [0.1, 0.15) is 5.82 Å². The van der Waals surface area contributed by atoms with Crippen LogP contribution < -0.4 is 4.90 Å². The Hall–Kier alpha value is -3.02. The maximum atomic E-state index is 13.2. The molecule has 0 atom stereocenters. The minimum absolute atomic E-state index is 0.0557. The number of hydrogen-bond acceptors (Lipinski definition) is 5. The fourth-order valence-corrected chi connectivity index (χ4v) is 3.72. The number of anilines is 1. The maximum absolute atomic E-state index is 13.2. The molecule has 0 aliphatic carbocycles. The molecule has 0 unspecified atom stereocenters. The number of pyridine rings is 1. The number of nitrogens with zero attached hydrogens (tertiary/aromatic N) is 5. The Bertz CT molecular complexity index is 1050. The predicted octanol–water partition coefficient (Wildman–Crippen LogP) is 3.22. The summed E-state index contributed by atoms with van der Waals surface area (Å²) in [4.78, 5) is 31.0. The lowest BCUT2D eigenvalue weighted by atomic mass is 10.1. The van der Waals surface area contributed by atoms with E-state index in [4.69, 9.17) is 0 Å². The Balaban J connectivity index is 1.53. The van der Waals surface area contributed by atoms with Crippen molar-refractivity contribution in [2.24, 2.45) is 0 Å². The monoisotopic (exact) mass is 375 g/mol. The molecule has 1 amide bonds. The molecule has 0 radical (unpaired) electrons. The van der Waals surface area contributed by atoms with Crippen LogP contribution >= 0.6 is 0 Å². The fourth-order valence-electron chi connectivity index (χ4n) is 3.72. The highest BCUT2D eigenvalue weighted by Gasteiger charge is 2.25. The molecule has 2 aromatic heterocycles. The van der Waals surface area contributed by atoms with Crippen LogP contribution in [0.2, 0.25) is 0 Å². The molecular formula is C22H25N5O. The van der Waals surface area contributed by atoms with Gasteiger partial charge < -0.3 is 9.80 Å². The van der Waals surface area contributed by atoms with E-state index in [0.29, 0.717) is 18.7 Å². The molecule has 1 fully saturated rings. The van der Waals surface area contributed by atoms with Crippen molar-refractivity contribution < 1.29 is 4.79 Å². The topological polar surface area (TPSA) is 62.2 Å². The van der Waals surface area contributed by atoms with Crippen LogP contribution in [-0.4, -0.2) is 51.9 Å². The molecule has 1 saturated heterocycles. The number of amides is 1. The standard InChI is InChI=1S/C22H25N5O/c1-14-5-6-20-18(11-14)12-19(16(3)25-20)22(28)27-9-7-26(8-10-27)21-17(4)23-13-15(2)24-21/h5-6,11-13H,7-10H2,1-4H3. The van der Waals surface area contributed by atoms with Gasteiger partial charge in [-0.1, -0.05) is 11.6 Å². The summed E-state index contributed by atoms with van der Waals surface area (Å²) in [6.45, 7) is 10.7. The minimum atomic E-state index is 0.0557. The smallest absolute Gasteiger partial charge is 0.255 e. The summed E-state index contributed by atoms with van der Waals surface area (Å²) in [6.07, 6.45) is 1.79. The average molecular weight is 375 g/mol. The Morgan fingerprint density at radius 1 is 0.929 bits per heavy atom. The second-order valence-corrected chi connectivity index (χ2v) is 7.52. The number of hydrogen-bond donors (Lipinski definition) is 0. The van der Waals surface area contributed by atoms with Crippen LogP contribution in [0.5, 0.6) is 0 Å². The Kier molecular flexibility index (Phi) is 4.71. The van der Waals surface area contributed by atoms with E-state index in [1.165, 1.54) is 5.56 Å². The van der Waals surface area contributed by atoms with Crippen LogP contribution in [0.1, 0.15) is 33.0 Å². The highest BCUT2D eigenvalue weighted by molar-refractivity contribution is 5.98. The zero-order valence-electron chi connectivity index (χ0n) is 16.9. The molecule has 0 saturated carbocycles. The molecule has 0 spiro atoms. The summed E-state index contributed by atoms with van der Waals surface area (Å²) in [6, 6.07) is 8.12. The zero-order chi connectivity index (χ0) is 19.8. The molecule has 6 nitrogen and oxygen atoms in total. The number of piperazine rings is 1. The SMILES string of the molecule is Cc1ccc2nc(C)c(C(=O)N3CCN(c4nc(C)cnc4C)CC3)cc2c1. The van der Waals surface area contributed by atoms with Crippen molar-refractivity contribution in [2.75, 3.05) is 31.1 Å². The molecule has 4 rings (SSSR count). The number of carbonyl (C=O) groups excluding carboxylic acids is 1. The Labute approximate surface area is 165 Å². The van der Waals surface area contributed by atoms with E-state index in [2.05, 4.69) is 32.8 Å². The number of rotatable bonds is 2. The second kappa shape index (κ2) is 7.19. The van der Waals surface area contributed by atoms with E-state index in [1.807, 2.05) is 43.9 Å². The van der Waals surface area contributed by atoms with Gasteiger partial charge in [0.15, 0.2) is 0 Å². The molecule has 1 aromatic carbocycles. The zero-order valence-corrected chi connectivity index (χ0v) is 16.9. The third-order valence-electron chi connectivity index (χ3n) is 5.31. The number of fused-ring (bicyclic) bond motifs is 1. The number of aromatic nitrogens is 3. The number of aryl methyl sites for hydroxylation is 4. The molecule has 1 aliphatic heterocycles. The molecule has 1 aliphatic rings. The lowest BCUT2D eigenvalue weighted by Gasteiger charge is -2.36. The molecule has 3 aromatic rings. The van der Waals surface area contributed by atoms with Gasteiger partial charge in [0.25, 0.3) is 5.91 Å². The highest BCUT2D eigenvalue weighted by Crippen LogP contribution is 2.22. The fraction of sp³-hybridized carbons (Fsp3) is 0.364. The van der Waals surface area contributed by atoms with Gasteiger partial charge >= 0.3 is 0 Å². The van der Waals surface area contributed by atoms with Crippen LogP contribution in [-0.2, 0) is 0 Å². The van der Waals surface area contributed by atoms with E-state index in [9.17, 15) is 4.79 Å². The van der Waals surface area contributed by atoms with Crippen LogP contribution in [0, 0.1) is 27.7 Å². The van der Waals surface area contributed by atoms with Crippen molar-refractivity contribution >= 4 is 22.6 Å².